The van der Waals surface area contributed by atoms with Gasteiger partial charge in [-0.3, -0.25) is 48.6 Å². The molecule has 0 spiro atoms. The van der Waals surface area contributed by atoms with E-state index in [1.54, 1.807) is 38.1 Å². The number of morpholine rings is 1. The number of imide groups is 1. The van der Waals surface area contributed by atoms with Gasteiger partial charge >= 0.3 is 12.1 Å². The number of ether oxygens (including phenoxy) is 6. The number of hydrogen-bond acceptors (Lipinski definition) is 20. The first-order valence-corrected chi connectivity index (χ1v) is 30.7. The molecule has 2 aliphatic carbocycles. The number of fused-ring (bicyclic) bond motifs is 3. The van der Waals surface area contributed by atoms with Crippen LogP contribution < -0.4 is 37.1 Å². The Hall–Kier alpha value is -8.54. The van der Waals surface area contributed by atoms with Gasteiger partial charge in [0.1, 0.15) is 47.8 Å². The summed E-state index contributed by atoms with van der Waals surface area (Å²) in [6, 6.07) is 7.88. The summed E-state index contributed by atoms with van der Waals surface area (Å²) in [5, 5.41) is 50.8. The van der Waals surface area contributed by atoms with Crippen LogP contribution in [0.15, 0.2) is 54.6 Å². The maximum Gasteiger partial charge on any atom is 0.410 e. The van der Waals surface area contributed by atoms with Crippen LogP contribution in [0.1, 0.15) is 133 Å². The van der Waals surface area contributed by atoms with E-state index in [1.165, 1.54) is 47.3 Å². The molecule has 28 nitrogen and oxygen atoms in total. The Kier molecular flexibility index (Phi) is 21.8. The second-order valence-electron chi connectivity index (χ2n) is 23.7. The van der Waals surface area contributed by atoms with E-state index in [2.05, 4.69) is 26.6 Å². The van der Waals surface area contributed by atoms with E-state index in [1.807, 2.05) is 6.92 Å². The van der Waals surface area contributed by atoms with Crippen LogP contribution in [-0.4, -0.2) is 198 Å². The minimum Gasteiger partial charge on any atom is -0.507 e. The van der Waals surface area contributed by atoms with Gasteiger partial charge in [-0.15, -0.1) is 0 Å². The molecule has 8 atom stereocenters. The number of rotatable bonds is 24. The molecule has 490 valence electrons. The number of carbonyl (C=O) groups excluding carboxylic acids is 10. The minimum atomic E-state index is -2.32. The number of anilines is 1. The molecule has 6 aliphatic rings. The number of methoxy groups -OCH3 is 1. The third-order valence-corrected chi connectivity index (χ3v) is 17.1. The number of ketones is 2. The Bertz CT molecular complexity index is 3290. The molecule has 9 amide bonds. The number of aromatic hydroxyl groups is 2. The van der Waals surface area contributed by atoms with E-state index < -0.39 is 119 Å². The molecule has 3 fully saturated rings. The molecule has 4 aliphatic heterocycles. The monoisotopic (exact) mass is 1270 g/mol. The summed E-state index contributed by atoms with van der Waals surface area (Å²) in [5.41, 5.74) is 2.37. The van der Waals surface area contributed by atoms with E-state index in [4.69, 9.17) is 34.2 Å². The first-order valence-electron chi connectivity index (χ1n) is 30.7. The van der Waals surface area contributed by atoms with Gasteiger partial charge in [-0.2, -0.15) is 0 Å². The smallest absolute Gasteiger partial charge is 0.410 e. The molecule has 0 saturated carbocycles. The van der Waals surface area contributed by atoms with Gasteiger partial charge in [0.25, 0.3) is 17.7 Å². The normalized spacial score (nSPS) is 22.7. The molecule has 28 heteroatoms. The molecule has 91 heavy (non-hydrogen) atoms. The number of nitrogens with one attached hydrogen (secondary N) is 5. The van der Waals surface area contributed by atoms with E-state index in [-0.39, 0.29) is 130 Å². The lowest BCUT2D eigenvalue weighted by Crippen LogP contribution is -2.58. The second-order valence-corrected chi connectivity index (χ2v) is 23.7. The predicted octanol–water partition coefficient (Wildman–Crippen LogP) is 2.45. The van der Waals surface area contributed by atoms with Gasteiger partial charge in [0, 0.05) is 106 Å². The van der Waals surface area contributed by atoms with Crippen LogP contribution >= 0.6 is 0 Å². The van der Waals surface area contributed by atoms with Gasteiger partial charge in [0.15, 0.2) is 12.1 Å². The van der Waals surface area contributed by atoms with Crippen molar-refractivity contribution in [2.24, 2.45) is 11.7 Å². The number of phenolic OH excluding ortho intramolecular Hbond substituents is 2. The molecule has 3 saturated heterocycles. The van der Waals surface area contributed by atoms with E-state index in [9.17, 15) is 63.3 Å². The fourth-order valence-electron chi connectivity index (χ4n) is 12.2. The van der Waals surface area contributed by atoms with Gasteiger partial charge in [0.05, 0.1) is 55.3 Å². The Morgan fingerprint density at radius 2 is 1.55 bits per heavy atom. The summed E-state index contributed by atoms with van der Waals surface area (Å²) < 4.78 is 35.7. The summed E-state index contributed by atoms with van der Waals surface area (Å²) in [6.45, 7) is 6.86. The maximum absolute atomic E-state index is 14.7. The first kappa shape index (κ1) is 66.9. The number of carbonyl (C=O) groups is 10. The molecular weight excluding hydrogens is 1190 g/mol. The van der Waals surface area contributed by atoms with E-state index >= 15 is 0 Å². The van der Waals surface area contributed by atoms with Crippen molar-refractivity contribution in [1.82, 2.24) is 36.0 Å². The molecule has 9 rings (SSSR count). The van der Waals surface area contributed by atoms with Gasteiger partial charge in [-0.25, -0.2) is 9.59 Å². The fourth-order valence-corrected chi connectivity index (χ4v) is 12.2. The Morgan fingerprint density at radius 3 is 2.22 bits per heavy atom. The number of nitrogens with two attached hydrogens (primary N) is 1. The van der Waals surface area contributed by atoms with Crippen LogP contribution in [-0.2, 0) is 65.5 Å². The van der Waals surface area contributed by atoms with Crippen LogP contribution in [0, 0.1) is 5.92 Å². The van der Waals surface area contributed by atoms with Crippen molar-refractivity contribution in [3.8, 4) is 17.2 Å². The number of phenols is 2. The summed E-state index contributed by atoms with van der Waals surface area (Å²) in [6.07, 6.45) is -0.271. The number of hydrogen-bond donors (Lipinski definition) is 9. The van der Waals surface area contributed by atoms with Gasteiger partial charge in [-0.05, 0) is 68.7 Å². The second kappa shape index (κ2) is 29.6. The lowest BCUT2D eigenvalue weighted by atomic mass is 9.72. The fraction of sp³-hybridized carbons (Fsp3) is 0.524. The predicted molar refractivity (Wildman–Crippen MR) is 321 cm³/mol. The maximum atomic E-state index is 14.7. The molecule has 0 aromatic heterocycles. The average molecular weight is 1270 g/mol. The molecule has 3 aromatic rings. The summed E-state index contributed by atoms with van der Waals surface area (Å²) >= 11 is 0. The van der Waals surface area contributed by atoms with Crippen molar-refractivity contribution in [1.29, 1.82) is 0 Å². The first-order chi connectivity index (χ1) is 43.5. The number of piperazine rings is 1. The number of primary amides is 1. The highest BCUT2D eigenvalue weighted by Crippen LogP contribution is 2.53. The third-order valence-electron chi connectivity index (χ3n) is 17.1. The summed E-state index contributed by atoms with van der Waals surface area (Å²) in [7, 11) is 1.33. The Morgan fingerprint density at radius 1 is 0.835 bits per heavy atom. The van der Waals surface area contributed by atoms with Crippen LogP contribution in [0.25, 0.3) is 0 Å². The third kappa shape index (κ3) is 15.6. The highest BCUT2D eigenvalue weighted by molar-refractivity contribution is 6.31. The Balaban J connectivity index is 0.800. The largest absolute Gasteiger partial charge is 0.507 e. The van der Waals surface area contributed by atoms with Crippen LogP contribution in [0.2, 0.25) is 0 Å². The number of amides is 9. The molecule has 0 bridgehead atoms. The SMILES string of the molecule is COc1cccc2c1C(=O)c1c(O)c3c(c(O)c1C2=O)C[C@@](O)(C(=O)N1CCN(C(=O)OCc2ccc(NC(=O)[C@H](CCCNC(N)=O)NC(=O)[C@@H](NC(=O)CCCCCN4C(=O)C=CC4=O)C(C)C)cc2)CC1)C[C@@H]3O[C@H]1CCC(O[C@@H]2COCCN2)[C@H](C)O1. The lowest BCUT2D eigenvalue weighted by molar-refractivity contribution is -0.258. The van der Waals surface area contributed by atoms with Crippen molar-refractivity contribution in [3.63, 3.8) is 0 Å². The quantitative estimate of drug-likeness (QED) is 0.0276. The average Bonchev–Trinajstić information content (AvgIpc) is 0.965. The van der Waals surface area contributed by atoms with Crippen molar-refractivity contribution in [2.75, 3.05) is 71.5 Å². The van der Waals surface area contributed by atoms with Crippen LogP contribution in [0.5, 0.6) is 17.2 Å². The lowest BCUT2D eigenvalue weighted by Gasteiger charge is -2.44. The highest BCUT2D eigenvalue weighted by Gasteiger charge is 2.52. The van der Waals surface area contributed by atoms with Crippen molar-refractivity contribution in [3.05, 3.63) is 93.6 Å². The summed E-state index contributed by atoms with van der Waals surface area (Å²) in [5.74, 6) is -6.38. The molecule has 0 radical (unpaired) electrons. The standard InChI is InChI=1S/C63H79N9O19/c1-34(2)53(69-44(73)13-6-5-7-24-72-46(74)19-20-47(72)75)59(81)68-40(11-9-22-66-61(64)83)58(80)67-37-16-14-36(15-17-37)32-88-62(84)71-27-25-70(26-28-71)60(82)63(85)30-39-50(43(31-63)91-48-21-18-41(35(3)89-48)90-45-33-87-29-23-65-45)57(79)52-51(55(39)77)54(76)38-10-8-12-42(86-4)49(38)56(52)78/h8,10,12,14-17,19-20,34-35,40-41,43,45,48,53,65,77,79,85H,5-7,9,11,13,18,21-33H2,1-4H3,(H,67,80)(H,68,81)(H,69,73)(H3,64,66,83)/t35-,40-,41?,43-,45+,48-,53-,63-/m0/s1. The zero-order valence-corrected chi connectivity index (χ0v) is 51.2. The Labute approximate surface area is 524 Å². The zero-order valence-electron chi connectivity index (χ0n) is 51.2. The molecular formula is C63H79N9O19. The van der Waals surface area contributed by atoms with Crippen molar-refractivity contribution in [2.45, 2.75) is 140 Å². The topological polar surface area (TPSA) is 383 Å². The van der Waals surface area contributed by atoms with Crippen LogP contribution in [0.3, 0.4) is 0 Å². The number of aliphatic hydroxyl groups is 1. The van der Waals surface area contributed by atoms with Crippen molar-refractivity contribution < 1.29 is 91.7 Å². The molecule has 4 heterocycles. The number of unbranched alkanes of at least 4 members (excludes halogenated alkanes) is 2. The van der Waals surface area contributed by atoms with Crippen molar-refractivity contribution >= 4 is 64.8 Å². The molecule has 1 unspecified atom stereocenters. The van der Waals surface area contributed by atoms with Gasteiger partial charge in [-0.1, -0.05) is 44.5 Å². The van der Waals surface area contributed by atoms with Gasteiger partial charge in [0.2, 0.25) is 23.5 Å². The number of nitrogens with zero attached hydrogens (tertiary/aromatic N) is 3. The molecule has 10 N–H and O–H groups in total. The highest BCUT2D eigenvalue weighted by atomic mass is 16.7. The molecule has 3 aromatic carbocycles. The number of urea groups is 1. The van der Waals surface area contributed by atoms with E-state index in [0.717, 1.165) is 4.90 Å². The zero-order chi connectivity index (χ0) is 65.3. The summed E-state index contributed by atoms with van der Waals surface area (Å²) in [4.78, 5) is 136. The van der Waals surface area contributed by atoms with Gasteiger partial charge < -0.3 is 80.5 Å². The van der Waals surface area contributed by atoms with Crippen LogP contribution in [0.4, 0.5) is 15.3 Å². The minimum absolute atomic E-state index is 0.00555. The number of benzene rings is 3. The van der Waals surface area contributed by atoms with E-state index in [0.29, 0.717) is 56.7 Å².